The molecule has 1 fully saturated rings. The number of methoxy groups -OCH3 is 2. The summed E-state index contributed by atoms with van der Waals surface area (Å²) in [6, 6.07) is 10.3. The molecule has 2 aromatic carbocycles. The van der Waals surface area contributed by atoms with Gasteiger partial charge in [-0.15, -0.1) is 10.2 Å². The van der Waals surface area contributed by atoms with E-state index in [1.165, 1.54) is 24.1 Å². The molecule has 1 aliphatic carbocycles. The van der Waals surface area contributed by atoms with Crippen LogP contribution in [0.3, 0.4) is 0 Å². The van der Waals surface area contributed by atoms with Gasteiger partial charge in [0, 0.05) is 11.6 Å². The fraction of sp³-hybridized carbons (Fsp3) is 0.444. The summed E-state index contributed by atoms with van der Waals surface area (Å²) in [5.41, 5.74) is 0.657. The summed E-state index contributed by atoms with van der Waals surface area (Å²) in [5.74, 6) is -0.0659. The van der Waals surface area contributed by atoms with Gasteiger partial charge in [0.25, 0.3) is 5.91 Å². The molecular weight excluding hydrogens is 491 g/mol. The average Bonchev–Trinajstić information content (AvgIpc) is 3.61. The fourth-order valence-electron chi connectivity index (χ4n) is 4.74. The number of nitrogens with zero attached hydrogens (tertiary/aromatic N) is 5. The predicted molar refractivity (Wildman–Crippen MR) is 139 cm³/mol. The first-order valence-electron chi connectivity index (χ1n) is 12.8. The summed E-state index contributed by atoms with van der Waals surface area (Å²) < 4.78 is 25.6. The first kappa shape index (κ1) is 27.0. The molecular formula is C27H33FN6O4. The van der Waals surface area contributed by atoms with Crippen LogP contribution in [-0.4, -0.2) is 58.3 Å². The van der Waals surface area contributed by atoms with Crippen LogP contribution in [0.2, 0.25) is 0 Å². The second kappa shape index (κ2) is 12.5. The highest BCUT2D eigenvalue weighted by atomic mass is 19.1. The smallest absolute Gasteiger partial charge is 0.251 e. The summed E-state index contributed by atoms with van der Waals surface area (Å²) in [6.07, 6.45) is 4.92. The molecule has 0 radical (unpaired) electrons. The molecule has 2 amide bonds. The highest BCUT2D eigenvalue weighted by Crippen LogP contribution is 2.31. The second-order valence-corrected chi connectivity index (χ2v) is 9.22. The number of rotatable bonds is 11. The molecule has 1 N–H and O–H groups in total. The molecule has 202 valence electrons. The Hall–Kier alpha value is -4.02. The Balaban J connectivity index is 1.60. The number of anilines is 1. The third-order valence-corrected chi connectivity index (χ3v) is 6.63. The molecule has 1 aliphatic rings. The Morgan fingerprint density at radius 3 is 2.55 bits per heavy atom. The number of carbonyl (C=O) groups is 2. The number of carbonyl (C=O) groups excluding carboxylic acids is 2. The van der Waals surface area contributed by atoms with Crippen LogP contribution in [0.1, 0.15) is 45.4 Å². The highest BCUT2D eigenvalue weighted by Gasteiger charge is 2.34. The number of hydrogen-bond donors (Lipinski definition) is 1. The van der Waals surface area contributed by atoms with Crippen LogP contribution in [0, 0.1) is 5.82 Å². The molecule has 1 heterocycles. The van der Waals surface area contributed by atoms with Gasteiger partial charge in [0.15, 0.2) is 11.5 Å². The highest BCUT2D eigenvalue weighted by molar-refractivity contribution is 6.00. The van der Waals surface area contributed by atoms with Crippen molar-refractivity contribution in [3.8, 4) is 22.9 Å². The maximum absolute atomic E-state index is 15.0. The molecule has 10 nitrogen and oxygen atoms in total. The molecule has 0 bridgehead atoms. The van der Waals surface area contributed by atoms with E-state index < -0.39 is 17.8 Å². The van der Waals surface area contributed by atoms with E-state index in [9.17, 15) is 14.0 Å². The van der Waals surface area contributed by atoms with Gasteiger partial charge in [0.1, 0.15) is 18.4 Å². The zero-order valence-electron chi connectivity index (χ0n) is 21.9. The van der Waals surface area contributed by atoms with Gasteiger partial charge in [-0.2, -0.15) is 4.80 Å². The zero-order chi connectivity index (χ0) is 27.1. The lowest BCUT2D eigenvalue weighted by molar-refractivity contribution is -0.127. The van der Waals surface area contributed by atoms with Crippen LogP contribution < -0.4 is 19.7 Å². The number of benzene rings is 2. The van der Waals surface area contributed by atoms with Gasteiger partial charge in [0.2, 0.25) is 11.7 Å². The Morgan fingerprint density at radius 2 is 1.87 bits per heavy atom. The Labute approximate surface area is 221 Å². The van der Waals surface area contributed by atoms with Crippen molar-refractivity contribution in [3.63, 3.8) is 0 Å². The van der Waals surface area contributed by atoms with E-state index in [0.717, 1.165) is 30.5 Å². The SMILES string of the molecule is CCCC(C(=O)NC1CCCC1)N(C(=O)Cn1nnc(-c2ccc(OC)c(OC)c2)n1)c1ccccc1F. The molecule has 4 rings (SSSR count). The van der Waals surface area contributed by atoms with Crippen LogP contribution in [0.15, 0.2) is 42.5 Å². The first-order valence-corrected chi connectivity index (χ1v) is 12.8. The minimum absolute atomic E-state index is 0.0396. The Morgan fingerprint density at radius 1 is 1.13 bits per heavy atom. The quantitative estimate of drug-likeness (QED) is 0.407. The van der Waals surface area contributed by atoms with Gasteiger partial charge in [-0.05, 0) is 54.8 Å². The summed E-state index contributed by atoms with van der Waals surface area (Å²) in [7, 11) is 3.07. The molecule has 38 heavy (non-hydrogen) atoms. The number of amides is 2. The van der Waals surface area contributed by atoms with E-state index in [4.69, 9.17) is 9.47 Å². The molecule has 1 atom stereocenters. The summed E-state index contributed by atoms with van der Waals surface area (Å²) >= 11 is 0. The van der Waals surface area contributed by atoms with Crippen molar-refractivity contribution in [2.45, 2.75) is 64.1 Å². The Bertz CT molecular complexity index is 1260. The lowest BCUT2D eigenvalue weighted by atomic mass is 10.1. The maximum atomic E-state index is 15.0. The van der Waals surface area contributed by atoms with Crippen molar-refractivity contribution in [1.29, 1.82) is 0 Å². The number of ether oxygens (including phenoxy) is 2. The van der Waals surface area contributed by atoms with Crippen molar-refractivity contribution in [3.05, 3.63) is 48.3 Å². The van der Waals surface area contributed by atoms with Gasteiger partial charge in [0.05, 0.1) is 19.9 Å². The lowest BCUT2D eigenvalue weighted by Crippen LogP contribution is -2.53. The summed E-state index contributed by atoms with van der Waals surface area (Å²) in [5, 5.41) is 15.5. The van der Waals surface area contributed by atoms with E-state index in [1.54, 1.807) is 37.4 Å². The van der Waals surface area contributed by atoms with Gasteiger partial charge < -0.3 is 14.8 Å². The van der Waals surface area contributed by atoms with Crippen LogP contribution in [0.25, 0.3) is 11.4 Å². The summed E-state index contributed by atoms with van der Waals surface area (Å²) in [6.45, 7) is 1.60. The van der Waals surface area contributed by atoms with Crippen molar-refractivity contribution in [1.82, 2.24) is 25.5 Å². The van der Waals surface area contributed by atoms with E-state index in [2.05, 4.69) is 20.7 Å². The maximum Gasteiger partial charge on any atom is 0.251 e. The number of aromatic nitrogens is 4. The van der Waals surface area contributed by atoms with Crippen LogP contribution in [0.4, 0.5) is 10.1 Å². The first-order chi connectivity index (χ1) is 18.4. The van der Waals surface area contributed by atoms with Gasteiger partial charge in [-0.1, -0.05) is 38.3 Å². The minimum Gasteiger partial charge on any atom is -0.493 e. The van der Waals surface area contributed by atoms with E-state index >= 15 is 0 Å². The standard InChI is InChI=1S/C27H33FN6O4/c1-4-9-22(27(36)29-19-10-5-6-11-19)34(21-13-8-7-12-20(21)28)25(35)17-33-31-26(30-32-33)18-14-15-23(37-2)24(16-18)38-3/h7-8,12-16,19,22H,4-6,9-11,17H2,1-3H3,(H,29,36). The average molecular weight is 525 g/mol. The molecule has 0 spiro atoms. The molecule has 1 saturated carbocycles. The fourth-order valence-corrected chi connectivity index (χ4v) is 4.74. The van der Waals surface area contributed by atoms with Crippen molar-refractivity contribution in [2.75, 3.05) is 19.1 Å². The van der Waals surface area contributed by atoms with Crippen LogP contribution in [-0.2, 0) is 16.1 Å². The number of hydrogen-bond acceptors (Lipinski definition) is 7. The monoisotopic (exact) mass is 524 g/mol. The number of halogens is 1. The van der Waals surface area contributed by atoms with Gasteiger partial charge in [-0.25, -0.2) is 4.39 Å². The zero-order valence-corrected chi connectivity index (χ0v) is 21.9. The van der Waals surface area contributed by atoms with Crippen molar-refractivity contribution < 1.29 is 23.5 Å². The number of para-hydroxylation sites is 1. The topological polar surface area (TPSA) is 111 Å². The molecule has 0 aliphatic heterocycles. The van der Waals surface area contributed by atoms with E-state index in [1.807, 2.05) is 6.92 Å². The number of tetrazole rings is 1. The predicted octanol–water partition coefficient (Wildman–Crippen LogP) is 3.76. The van der Waals surface area contributed by atoms with Crippen molar-refractivity contribution >= 4 is 17.5 Å². The van der Waals surface area contributed by atoms with E-state index in [0.29, 0.717) is 29.9 Å². The molecule has 3 aromatic rings. The summed E-state index contributed by atoms with van der Waals surface area (Å²) in [4.78, 5) is 29.4. The van der Waals surface area contributed by atoms with Crippen molar-refractivity contribution in [2.24, 2.45) is 0 Å². The molecule has 1 unspecified atom stereocenters. The van der Waals surface area contributed by atoms with Crippen LogP contribution >= 0.6 is 0 Å². The normalized spacial score (nSPS) is 14.2. The second-order valence-electron chi connectivity index (χ2n) is 9.22. The van der Waals surface area contributed by atoms with Gasteiger partial charge >= 0.3 is 0 Å². The molecule has 11 heteroatoms. The molecule has 1 aromatic heterocycles. The van der Waals surface area contributed by atoms with Gasteiger partial charge in [-0.3, -0.25) is 14.5 Å². The third-order valence-electron chi connectivity index (χ3n) is 6.63. The number of nitrogens with one attached hydrogen (secondary N) is 1. The minimum atomic E-state index is -0.876. The van der Waals surface area contributed by atoms with E-state index in [-0.39, 0.29) is 30.0 Å². The Kier molecular flexibility index (Phi) is 8.88. The molecule has 0 saturated heterocycles. The lowest BCUT2D eigenvalue weighted by Gasteiger charge is -2.32. The van der Waals surface area contributed by atoms with Crippen LogP contribution in [0.5, 0.6) is 11.5 Å². The third kappa shape index (κ3) is 6.09. The largest absolute Gasteiger partial charge is 0.493 e.